The Morgan fingerprint density at radius 2 is 2.00 bits per heavy atom. The van der Waals surface area contributed by atoms with Crippen LogP contribution < -0.4 is 5.73 Å². The van der Waals surface area contributed by atoms with E-state index in [1.54, 1.807) is 6.34 Å². The lowest BCUT2D eigenvalue weighted by Crippen LogP contribution is -2.19. The van der Waals surface area contributed by atoms with Gasteiger partial charge in [0.2, 0.25) is 0 Å². The summed E-state index contributed by atoms with van der Waals surface area (Å²) in [6, 6.07) is 10.1. The molecular weight excluding hydrogens is 210 g/mol. The smallest absolute Gasteiger partial charge is 0.112 e. The lowest BCUT2D eigenvalue weighted by molar-refractivity contribution is 0.865. The van der Waals surface area contributed by atoms with Crippen LogP contribution in [0.1, 0.15) is 11.6 Å². The van der Waals surface area contributed by atoms with Gasteiger partial charge in [-0.2, -0.15) is 0 Å². The molecule has 0 fully saturated rings. The van der Waals surface area contributed by atoms with Crippen LogP contribution in [0.5, 0.6) is 0 Å². The topological polar surface area (TPSA) is 50.7 Å². The van der Waals surface area contributed by atoms with Crippen LogP contribution in [0.2, 0.25) is 0 Å². The first-order valence-corrected chi connectivity index (χ1v) is 5.64. The molecule has 0 aromatic heterocycles. The van der Waals surface area contributed by atoms with Gasteiger partial charge in [-0.15, -0.1) is 0 Å². The number of hydrogen-bond acceptors (Lipinski definition) is 3. The molecular formula is C14H13N3. The first kappa shape index (κ1) is 10.2. The fraction of sp³-hybridized carbons (Fsp3) is 0.143. The molecule has 1 heterocycles. The third-order valence-corrected chi connectivity index (χ3v) is 3.04. The summed E-state index contributed by atoms with van der Waals surface area (Å²) >= 11 is 0. The SMILES string of the molecule is N[C@H](C1=CC2=NC=N[C@@H]2C=C1)c1ccccc1. The van der Waals surface area contributed by atoms with Crippen LogP contribution in [0.25, 0.3) is 0 Å². The predicted octanol–water partition coefficient (Wildman–Crippen LogP) is 2.03. The lowest BCUT2D eigenvalue weighted by Gasteiger charge is -2.18. The van der Waals surface area contributed by atoms with Crippen LogP contribution >= 0.6 is 0 Å². The van der Waals surface area contributed by atoms with Gasteiger partial charge in [-0.05, 0) is 17.2 Å². The van der Waals surface area contributed by atoms with E-state index in [0.29, 0.717) is 0 Å². The van der Waals surface area contributed by atoms with E-state index in [-0.39, 0.29) is 12.1 Å². The predicted molar refractivity (Wildman–Crippen MR) is 70.3 cm³/mol. The highest BCUT2D eigenvalue weighted by Gasteiger charge is 2.20. The van der Waals surface area contributed by atoms with Crippen molar-refractivity contribution >= 4 is 12.1 Å². The molecule has 1 aliphatic heterocycles. The monoisotopic (exact) mass is 223 g/mol. The quantitative estimate of drug-likeness (QED) is 0.819. The Kier molecular flexibility index (Phi) is 2.46. The number of benzene rings is 1. The van der Waals surface area contributed by atoms with Gasteiger partial charge in [-0.1, -0.05) is 42.5 Å². The van der Waals surface area contributed by atoms with Crippen LogP contribution in [-0.4, -0.2) is 18.1 Å². The first-order valence-electron chi connectivity index (χ1n) is 5.64. The Morgan fingerprint density at radius 1 is 1.18 bits per heavy atom. The van der Waals surface area contributed by atoms with Crippen LogP contribution in [0.15, 0.2) is 64.1 Å². The lowest BCUT2D eigenvalue weighted by atomic mass is 9.93. The van der Waals surface area contributed by atoms with Gasteiger partial charge < -0.3 is 5.73 Å². The average Bonchev–Trinajstić information content (AvgIpc) is 2.86. The van der Waals surface area contributed by atoms with Gasteiger partial charge in [0.25, 0.3) is 0 Å². The Hall–Kier alpha value is -2.00. The zero-order chi connectivity index (χ0) is 11.7. The molecule has 0 saturated heterocycles. The molecule has 0 saturated carbocycles. The zero-order valence-corrected chi connectivity index (χ0v) is 9.32. The van der Waals surface area contributed by atoms with E-state index >= 15 is 0 Å². The molecule has 0 radical (unpaired) electrons. The summed E-state index contributed by atoms with van der Waals surface area (Å²) in [5.74, 6) is 0. The molecule has 0 spiro atoms. The second kappa shape index (κ2) is 4.11. The Bertz CT molecular complexity index is 538. The summed E-state index contributed by atoms with van der Waals surface area (Å²) in [4.78, 5) is 8.45. The molecule has 2 N–H and O–H groups in total. The minimum atomic E-state index is -0.100. The van der Waals surface area contributed by atoms with E-state index < -0.39 is 0 Å². The molecule has 17 heavy (non-hydrogen) atoms. The van der Waals surface area contributed by atoms with Gasteiger partial charge in [0.05, 0.1) is 11.8 Å². The van der Waals surface area contributed by atoms with Gasteiger partial charge in [-0.3, -0.25) is 4.99 Å². The van der Waals surface area contributed by atoms with Gasteiger partial charge in [0.1, 0.15) is 12.4 Å². The maximum atomic E-state index is 6.24. The molecule has 3 nitrogen and oxygen atoms in total. The van der Waals surface area contributed by atoms with Crippen molar-refractivity contribution in [3.8, 4) is 0 Å². The molecule has 2 atom stereocenters. The highest BCUT2D eigenvalue weighted by atomic mass is 15.0. The van der Waals surface area contributed by atoms with E-state index in [4.69, 9.17) is 5.73 Å². The van der Waals surface area contributed by atoms with Gasteiger partial charge in [0, 0.05) is 0 Å². The second-order valence-electron chi connectivity index (χ2n) is 4.16. The molecule has 84 valence electrons. The standard InChI is InChI=1S/C14H13N3/c15-14(10-4-2-1-3-5-10)11-6-7-12-13(8-11)17-9-16-12/h1-9,12,14H,15H2/t12-,14+/m1/s1. The molecule has 0 bridgehead atoms. The minimum absolute atomic E-state index is 0.0988. The molecule has 1 aliphatic carbocycles. The van der Waals surface area contributed by atoms with Gasteiger partial charge in [-0.25, -0.2) is 4.99 Å². The van der Waals surface area contributed by atoms with Crippen molar-refractivity contribution in [2.45, 2.75) is 12.1 Å². The molecule has 1 aromatic carbocycles. The molecule has 3 heteroatoms. The normalized spacial score (nSPS) is 23.0. The second-order valence-corrected chi connectivity index (χ2v) is 4.16. The molecule has 0 amide bonds. The molecule has 0 unspecified atom stereocenters. The van der Waals surface area contributed by atoms with Crippen molar-refractivity contribution in [1.82, 2.24) is 0 Å². The summed E-state index contributed by atoms with van der Waals surface area (Å²) in [6.45, 7) is 0. The average molecular weight is 223 g/mol. The third kappa shape index (κ3) is 1.85. The summed E-state index contributed by atoms with van der Waals surface area (Å²) < 4.78 is 0. The minimum Gasteiger partial charge on any atom is -0.320 e. The summed E-state index contributed by atoms with van der Waals surface area (Å²) in [5, 5.41) is 0. The Balaban J connectivity index is 1.89. The van der Waals surface area contributed by atoms with Crippen LogP contribution in [0, 0.1) is 0 Å². The Morgan fingerprint density at radius 3 is 2.82 bits per heavy atom. The number of aliphatic imine (C=N–C) groups is 2. The van der Waals surface area contributed by atoms with E-state index in [9.17, 15) is 0 Å². The highest BCUT2D eigenvalue weighted by molar-refractivity contribution is 6.09. The number of rotatable bonds is 2. The van der Waals surface area contributed by atoms with Crippen molar-refractivity contribution in [2.75, 3.05) is 0 Å². The molecule has 2 aliphatic rings. The largest absolute Gasteiger partial charge is 0.320 e. The number of nitrogens with zero attached hydrogens (tertiary/aromatic N) is 2. The van der Waals surface area contributed by atoms with E-state index in [0.717, 1.165) is 16.8 Å². The number of fused-ring (bicyclic) bond motifs is 1. The Labute approximate surface area is 100 Å². The van der Waals surface area contributed by atoms with Gasteiger partial charge in [0.15, 0.2) is 0 Å². The fourth-order valence-electron chi connectivity index (χ4n) is 2.06. The maximum absolute atomic E-state index is 6.24. The fourth-order valence-corrected chi connectivity index (χ4v) is 2.06. The van der Waals surface area contributed by atoms with E-state index in [1.165, 1.54) is 0 Å². The van der Waals surface area contributed by atoms with Crippen LogP contribution in [0.3, 0.4) is 0 Å². The van der Waals surface area contributed by atoms with Crippen LogP contribution in [-0.2, 0) is 0 Å². The molecule has 1 aromatic rings. The van der Waals surface area contributed by atoms with Crippen molar-refractivity contribution in [3.05, 3.63) is 59.7 Å². The van der Waals surface area contributed by atoms with E-state index in [2.05, 4.69) is 9.98 Å². The third-order valence-electron chi connectivity index (χ3n) is 3.04. The summed E-state index contributed by atoms with van der Waals surface area (Å²) in [6.07, 6.45) is 7.73. The van der Waals surface area contributed by atoms with E-state index in [1.807, 2.05) is 48.6 Å². The van der Waals surface area contributed by atoms with Crippen molar-refractivity contribution < 1.29 is 0 Å². The molecule has 3 rings (SSSR count). The summed E-state index contributed by atoms with van der Waals surface area (Å²) in [7, 11) is 0. The first-order chi connectivity index (χ1) is 8.34. The van der Waals surface area contributed by atoms with Crippen molar-refractivity contribution in [3.63, 3.8) is 0 Å². The zero-order valence-electron chi connectivity index (χ0n) is 9.32. The van der Waals surface area contributed by atoms with Crippen molar-refractivity contribution in [2.24, 2.45) is 15.7 Å². The van der Waals surface area contributed by atoms with Crippen LogP contribution in [0.4, 0.5) is 0 Å². The number of nitrogens with two attached hydrogens (primary N) is 1. The van der Waals surface area contributed by atoms with Crippen molar-refractivity contribution in [1.29, 1.82) is 0 Å². The maximum Gasteiger partial charge on any atom is 0.112 e. The summed E-state index contributed by atoms with van der Waals surface area (Å²) in [5.41, 5.74) is 9.41. The number of hydrogen-bond donors (Lipinski definition) is 1. The van der Waals surface area contributed by atoms with Gasteiger partial charge >= 0.3 is 0 Å². The highest BCUT2D eigenvalue weighted by Crippen LogP contribution is 2.24.